The Kier molecular flexibility index (Phi) is 30.3. The summed E-state index contributed by atoms with van der Waals surface area (Å²) >= 11 is 0. The van der Waals surface area contributed by atoms with E-state index in [-0.39, 0.29) is 12.8 Å². The number of esters is 2. The molecule has 56 heavy (non-hydrogen) atoms. The Morgan fingerprint density at radius 2 is 0.982 bits per heavy atom. The normalized spacial score (nSPS) is 23.4. The van der Waals surface area contributed by atoms with Crippen LogP contribution in [0.2, 0.25) is 0 Å². The van der Waals surface area contributed by atoms with Crippen LogP contribution in [0.1, 0.15) is 149 Å². The van der Waals surface area contributed by atoms with Gasteiger partial charge in [-0.3, -0.25) is 18.6 Å². The van der Waals surface area contributed by atoms with Gasteiger partial charge in [0.05, 0.1) is 6.61 Å². The first kappa shape index (κ1) is 51.8. The number of phosphoric ester groups is 1. The molecule has 0 heterocycles. The molecule has 14 heteroatoms. The van der Waals surface area contributed by atoms with Crippen LogP contribution in [0.3, 0.4) is 0 Å². The van der Waals surface area contributed by atoms with E-state index in [4.69, 9.17) is 18.5 Å². The van der Waals surface area contributed by atoms with Crippen molar-refractivity contribution < 1.29 is 63.1 Å². The highest BCUT2D eigenvalue weighted by molar-refractivity contribution is 7.47. The Balaban J connectivity index is 2.53. The lowest BCUT2D eigenvalue weighted by molar-refractivity contribution is -0.220. The summed E-state index contributed by atoms with van der Waals surface area (Å²) in [7, 11) is -5.12. The van der Waals surface area contributed by atoms with Gasteiger partial charge in [0.2, 0.25) is 0 Å². The topological polar surface area (TPSA) is 210 Å². The molecule has 1 rings (SSSR count). The minimum Gasteiger partial charge on any atom is -0.462 e. The number of aliphatic hydroxyl groups excluding tert-OH is 5. The zero-order chi connectivity index (χ0) is 41.4. The van der Waals surface area contributed by atoms with Gasteiger partial charge in [-0.15, -0.1) is 0 Å². The van der Waals surface area contributed by atoms with Crippen molar-refractivity contribution in [2.24, 2.45) is 0 Å². The molecular weight excluding hydrogens is 743 g/mol. The van der Waals surface area contributed by atoms with Crippen LogP contribution in [-0.4, -0.2) is 98.3 Å². The first-order valence-electron chi connectivity index (χ1n) is 20.9. The van der Waals surface area contributed by atoms with Crippen molar-refractivity contribution in [2.45, 2.75) is 191 Å². The number of carbonyl (C=O) groups excluding carboxylic acids is 2. The zero-order valence-corrected chi connectivity index (χ0v) is 34.8. The standard InChI is InChI=1S/C42H73O13P/c1-3-5-7-9-11-13-15-16-17-18-19-20-21-23-24-26-28-30-35(43)52-32-34(54-36(44)31-29-27-25-22-14-12-10-8-6-4-2)33-53-56(50,51)55-42-40(48)38(46)37(45)39(47)41(42)49/h11,13,16-17,19-20,23-24,34,37-42,45-49H,3-10,12,14-15,18,21-22,25-33H2,1-2H3,(H,50,51)/b13-11+,17-16+,20-19+,24-23+/t34-,37?,38-,39?,40?,41?,42?/m0/s1. The molecule has 1 fully saturated rings. The van der Waals surface area contributed by atoms with Crippen molar-refractivity contribution in [3.05, 3.63) is 48.6 Å². The lowest BCUT2D eigenvalue weighted by atomic mass is 9.85. The highest BCUT2D eigenvalue weighted by atomic mass is 31.2. The maximum absolute atomic E-state index is 12.8. The number of rotatable bonds is 33. The molecule has 0 spiro atoms. The minimum absolute atomic E-state index is 0.0852. The molecule has 8 atom stereocenters. The summed E-state index contributed by atoms with van der Waals surface area (Å²) in [6, 6.07) is 0. The third-order valence-electron chi connectivity index (χ3n) is 9.42. The van der Waals surface area contributed by atoms with Gasteiger partial charge in [-0.1, -0.05) is 133 Å². The molecular formula is C42H73O13P. The quantitative estimate of drug-likeness (QED) is 0.0168. The number of allylic oxidation sites excluding steroid dienone is 8. The monoisotopic (exact) mass is 816 g/mol. The molecule has 0 amide bonds. The van der Waals surface area contributed by atoms with E-state index in [1.807, 2.05) is 12.2 Å². The lowest BCUT2D eigenvalue weighted by Gasteiger charge is -2.41. The Bertz CT molecular complexity index is 1170. The SMILES string of the molecule is CCCCC/C=C/C/C=C/C/C=C/C/C=C/CCCC(=O)OC[C@@H](COP(=O)(O)OC1C(O)C(O)C(O)[C@H](O)C1O)OC(=O)CCCCCCCCCCCC. The fourth-order valence-corrected chi connectivity index (χ4v) is 6.96. The van der Waals surface area contributed by atoms with Crippen LogP contribution in [0.15, 0.2) is 48.6 Å². The predicted octanol–water partition coefficient (Wildman–Crippen LogP) is 7.22. The van der Waals surface area contributed by atoms with E-state index in [2.05, 4.69) is 50.3 Å². The van der Waals surface area contributed by atoms with Gasteiger partial charge in [0.25, 0.3) is 0 Å². The minimum atomic E-state index is -5.12. The summed E-state index contributed by atoms with van der Waals surface area (Å²) in [6.07, 6.45) is 23.3. The zero-order valence-electron chi connectivity index (χ0n) is 33.9. The summed E-state index contributed by atoms with van der Waals surface area (Å²) < 4.78 is 33.3. The largest absolute Gasteiger partial charge is 0.472 e. The maximum atomic E-state index is 12.8. The van der Waals surface area contributed by atoms with Crippen LogP contribution < -0.4 is 0 Å². The molecule has 324 valence electrons. The molecule has 0 aromatic rings. The van der Waals surface area contributed by atoms with Crippen molar-refractivity contribution in [3.8, 4) is 0 Å². The van der Waals surface area contributed by atoms with Gasteiger partial charge in [0, 0.05) is 12.8 Å². The van der Waals surface area contributed by atoms with E-state index in [9.17, 15) is 44.6 Å². The van der Waals surface area contributed by atoms with Crippen LogP contribution in [-0.2, 0) is 32.7 Å². The fraction of sp³-hybridized carbons (Fsp3) is 0.762. The number of hydrogen-bond donors (Lipinski definition) is 6. The first-order valence-corrected chi connectivity index (χ1v) is 22.4. The average Bonchev–Trinajstić information content (AvgIpc) is 3.18. The van der Waals surface area contributed by atoms with Crippen LogP contribution in [0, 0.1) is 0 Å². The Morgan fingerprint density at radius 3 is 1.52 bits per heavy atom. The Morgan fingerprint density at radius 1 is 0.554 bits per heavy atom. The van der Waals surface area contributed by atoms with Gasteiger partial charge in [-0.05, 0) is 51.4 Å². The number of ether oxygens (including phenoxy) is 2. The van der Waals surface area contributed by atoms with E-state index in [0.29, 0.717) is 19.3 Å². The number of unbranched alkanes of at least 4 members (excludes halogenated alkanes) is 13. The molecule has 0 bridgehead atoms. The van der Waals surface area contributed by atoms with Crippen LogP contribution in [0.25, 0.3) is 0 Å². The van der Waals surface area contributed by atoms with Crippen molar-refractivity contribution in [1.29, 1.82) is 0 Å². The molecule has 0 saturated heterocycles. The molecule has 0 radical (unpaired) electrons. The summed E-state index contributed by atoms with van der Waals surface area (Å²) in [5, 5.41) is 50.0. The molecule has 1 saturated carbocycles. The smallest absolute Gasteiger partial charge is 0.462 e. The molecule has 0 aromatic heterocycles. The van der Waals surface area contributed by atoms with Gasteiger partial charge >= 0.3 is 19.8 Å². The van der Waals surface area contributed by atoms with Gasteiger partial charge in [0.1, 0.15) is 43.2 Å². The van der Waals surface area contributed by atoms with Gasteiger partial charge in [-0.25, -0.2) is 4.57 Å². The second-order valence-electron chi connectivity index (χ2n) is 14.5. The molecule has 0 aromatic carbocycles. The third-order valence-corrected chi connectivity index (χ3v) is 10.4. The highest BCUT2D eigenvalue weighted by Crippen LogP contribution is 2.47. The molecule has 1 aliphatic rings. The molecule has 6 unspecified atom stereocenters. The maximum Gasteiger partial charge on any atom is 0.472 e. The average molecular weight is 817 g/mol. The first-order chi connectivity index (χ1) is 26.9. The van der Waals surface area contributed by atoms with Crippen molar-refractivity contribution >= 4 is 19.8 Å². The van der Waals surface area contributed by atoms with Gasteiger partial charge in [-0.2, -0.15) is 0 Å². The molecule has 6 N–H and O–H groups in total. The number of carbonyl (C=O) groups is 2. The summed E-state index contributed by atoms with van der Waals surface area (Å²) in [5.74, 6) is -1.17. The van der Waals surface area contributed by atoms with Crippen LogP contribution in [0.5, 0.6) is 0 Å². The summed E-state index contributed by atoms with van der Waals surface area (Å²) in [5.41, 5.74) is 0. The number of hydrogen-bond acceptors (Lipinski definition) is 12. The van der Waals surface area contributed by atoms with Crippen LogP contribution in [0.4, 0.5) is 0 Å². The van der Waals surface area contributed by atoms with E-state index < -0.39 is 75.7 Å². The Labute approximate surface area is 335 Å². The van der Waals surface area contributed by atoms with Gasteiger partial charge in [0.15, 0.2) is 6.10 Å². The molecule has 0 aliphatic heterocycles. The summed E-state index contributed by atoms with van der Waals surface area (Å²) in [6.45, 7) is 3.18. The van der Waals surface area contributed by atoms with E-state index >= 15 is 0 Å². The predicted molar refractivity (Wildman–Crippen MR) is 216 cm³/mol. The molecule has 13 nitrogen and oxygen atoms in total. The van der Waals surface area contributed by atoms with Crippen molar-refractivity contribution in [3.63, 3.8) is 0 Å². The highest BCUT2D eigenvalue weighted by Gasteiger charge is 2.51. The second-order valence-corrected chi connectivity index (χ2v) is 15.9. The third kappa shape index (κ3) is 25.2. The van der Waals surface area contributed by atoms with Crippen LogP contribution >= 0.6 is 7.82 Å². The van der Waals surface area contributed by atoms with E-state index in [0.717, 1.165) is 51.4 Å². The summed E-state index contributed by atoms with van der Waals surface area (Å²) in [4.78, 5) is 35.5. The number of phosphoric acid groups is 1. The Hall–Kier alpha value is -2.19. The van der Waals surface area contributed by atoms with E-state index in [1.165, 1.54) is 51.4 Å². The van der Waals surface area contributed by atoms with Crippen molar-refractivity contribution in [1.82, 2.24) is 0 Å². The lowest BCUT2D eigenvalue weighted by Crippen LogP contribution is -2.64. The van der Waals surface area contributed by atoms with Crippen molar-refractivity contribution in [2.75, 3.05) is 13.2 Å². The second kappa shape index (κ2) is 32.7. The van der Waals surface area contributed by atoms with E-state index in [1.54, 1.807) is 0 Å². The number of aliphatic hydroxyl groups is 5. The fourth-order valence-electron chi connectivity index (χ4n) is 5.98. The molecule has 1 aliphatic carbocycles. The van der Waals surface area contributed by atoms with Gasteiger partial charge < -0.3 is 39.9 Å².